The van der Waals surface area contributed by atoms with Crippen molar-refractivity contribution < 1.29 is 19.1 Å². The van der Waals surface area contributed by atoms with Gasteiger partial charge in [-0.1, -0.05) is 163 Å². The van der Waals surface area contributed by atoms with Gasteiger partial charge in [-0.2, -0.15) is 0 Å². The molecule has 1 aliphatic heterocycles. The average Bonchev–Trinajstić information content (AvgIpc) is 3.12. The van der Waals surface area contributed by atoms with Crippen LogP contribution < -0.4 is 0 Å². The molecule has 5 nitrogen and oxygen atoms in total. The Bertz CT molecular complexity index is 741. The van der Waals surface area contributed by atoms with Gasteiger partial charge >= 0.3 is 11.9 Å². The predicted octanol–water partition coefficient (Wildman–Crippen LogP) is 13.7. The topological polar surface area (TPSA) is 55.8 Å². The zero-order valence-electron chi connectivity index (χ0n) is 34.3. The maximum Gasteiger partial charge on any atom is 0.306 e. The molecule has 2 unspecified atom stereocenters. The molecule has 0 spiro atoms. The standard InChI is InChI=1S/C45H87NO4/c1-5-9-12-15-18-19-20-25-30-39-49-44(47)36-35-41-37-38-46(8-4)42(40-41)31-26-23-24-29-34-45(48)50-43(32-27-21-16-13-10-6-2)33-28-22-17-14-11-7-3/h41-43H,5-40H2,1-4H3. The van der Waals surface area contributed by atoms with Crippen LogP contribution in [-0.2, 0) is 19.1 Å². The van der Waals surface area contributed by atoms with Gasteiger partial charge in [0, 0.05) is 18.9 Å². The van der Waals surface area contributed by atoms with Crippen LogP contribution in [0.2, 0.25) is 0 Å². The van der Waals surface area contributed by atoms with Crippen molar-refractivity contribution in [2.24, 2.45) is 5.92 Å². The van der Waals surface area contributed by atoms with Crippen LogP contribution in [0.15, 0.2) is 0 Å². The molecule has 5 heteroatoms. The summed E-state index contributed by atoms with van der Waals surface area (Å²) >= 11 is 0. The Morgan fingerprint density at radius 2 is 1.06 bits per heavy atom. The lowest BCUT2D eigenvalue weighted by Crippen LogP contribution is -2.42. The van der Waals surface area contributed by atoms with Crippen molar-refractivity contribution in [3.63, 3.8) is 0 Å². The maximum absolute atomic E-state index is 12.8. The highest BCUT2D eigenvalue weighted by Crippen LogP contribution is 2.29. The summed E-state index contributed by atoms with van der Waals surface area (Å²) in [6, 6.07) is 0.631. The Balaban J connectivity index is 2.23. The minimum Gasteiger partial charge on any atom is -0.466 e. The molecule has 0 bridgehead atoms. The highest BCUT2D eigenvalue weighted by Gasteiger charge is 2.27. The highest BCUT2D eigenvalue weighted by atomic mass is 16.5. The van der Waals surface area contributed by atoms with Gasteiger partial charge in [0.25, 0.3) is 0 Å². The summed E-state index contributed by atoms with van der Waals surface area (Å²) in [7, 11) is 0. The van der Waals surface area contributed by atoms with Gasteiger partial charge < -0.3 is 14.4 Å². The molecular weight excluding hydrogens is 618 g/mol. The first-order chi connectivity index (χ1) is 24.5. The van der Waals surface area contributed by atoms with Crippen molar-refractivity contribution in [2.45, 2.75) is 252 Å². The lowest BCUT2D eigenvalue weighted by atomic mass is 9.85. The number of unbranched alkanes of at least 4 members (excludes halogenated alkanes) is 21. The Kier molecular flexibility index (Phi) is 32.8. The Morgan fingerprint density at radius 3 is 1.62 bits per heavy atom. The summed E-state index contributed by atoms with van der Waals surface area (Å²) in [5.41, 5.74) is 0. The molecule has 0 radical (unpaired) electrons. The maximum atomic E-state index is 12.8. The van der Waals surface area contributed by atoms with Crippen LogP contribution in [0, 0.1) is 5.92 Å². The summed E-state index contributed by atoms with van der Waals surface area (Å²) < 4.78 is 11.7. The van der Waals surface area contributed by atoms with Crippen molar-refractivity contribution in [1.29, 1.82) is 0 Å². The minimum atomic E-state index is 0.00806. The Hall–Kier alpha value is -1.10. The van der Waals surface area contributed by atoms with Gasteiger partial charge in [0.1, 0.15) is 6.10 Å². The number of piperidine rings is 1. The molecule has 1 rings (SSSR count). The number of ether oxygens (including phenoxy) is 2. The van der Waals surface area contributed by atoms with Crippen molar-refractivity contribution >= 4 is 11.9 Å². The first-order valence-electron chi connectivity index (χ1n) is 22.6. The number of esters is 2. The molecule has 0 aliphatic carbocycles. The summed E-state index contributed by atoms with van der Waals surface area (Å²) in [6.07, 6.45) is 39.5. The van der Waals surface area contributed by atoms with E-state index in [9.17, 15) is 9.59 Å². The lowest BCUT2D eigenvalue weighted by molar-refractivity contribution is -0.150. The smallest absolute Gasteiger partial charge is 0.306 e. The largest absolute Gasteiger partial charge is 0.466 e. The quantitative estimate of drug-likeness (QED) is 0.0480. The van der Waals surface area contributed by atoms with Gasteiger partial charge in [-0.3, -0.25) is 9.59 Å². The lowest BCUT2D eigenvalue weighted by Gasteiger charge is -2.39. The third kappa shape index (κ3) is 27.5. The minimum absolute atomic E-state index is 0.00806. The van der Waals surface area contributed by atoms with Gasteiger partial charge in [-0.25, -0.2) is 0 Å². The Labute approximate surface area is 312 Å². The van der Waals surface area contributed by atoms with E-state index in [1.54, 1.807) is 0 Å². The van der Waals surface area contributed by atoms with Crippen molar-refractivity contribution in [2.75, 3.05) is 19.7 Å². The molecule has 0 saturated carbocycles. The molecule has 2 atom stereocenters. The molecule has 1 saturated heterocycles. The fraction of sp³-hybridized carbons (Fsp3) is 0.956. The van der Waals surface area contributed by atoms with E-state index in [-0.39, 0.29) is 18.0 Å². The van der Waals surface area contributed by atoms with Crippen LogP contribution in [0.1, 0.15) is 240 Å². The fourth-order valence-corrected chi connectivity index (χ4v) is 7.97. The molecule has 50 heavy (non-hydrogen) atoms. The normalized spacial score (nSPS) is 16.7. The summed E-state index contributed by atoms with van der Waals surface area (Å²) in [6.45, 7) is 12.0. The monoisotopic (exact) mass is 706 g/mol. The fourth-order valence-electron chi connectivity index (χ4n) is 7.97. The second kappa shape index (κ2) is 35.0. The SMILES string of the molecule is CCCCCCCCCCCOC(=O)CCC1CCN(CC)C(CCCCCCC(=O)OC(CCCCCCCC)CCCCCCCC)C1. The number of hydrogen-bond acceptors (Lipinski definition) is 5. The van der Waals surface area contributed by atoms with Gasteiger partial charge in [-0.05, 0) is 83.2 Å². The van der Waals surface area contributed by atoms with E-state index in [4.69, 9.17) is 9.47 Å². The van der Waals surface area contributed by atoms with Crippen LogP contribution in [0.25, 0.3) is 0 Å². The third-order valence-corrected chi connectivity index (χ3v) is 11.3. The van der Waals surface area contributed by atoms with E-state index in [1.165, 1.54) is 161 Å². The van der Waals surface area contributed by atoms with Gasteiger partial charge in [0.05, 0.1) is 6.61 Å². The van der Waals surface area contributed by atoms with Crippen LogP contribution in [-0.4, -0.2) is 48.7 Å². The molecule has 0 aromatic heterocycles. The molecular formula is C45H87NO4. The summed E-state index contributed by atoms with van der Waals surface area (Å²) in [5, 5.41) is 0. The average molecular weight is 706 g/mol. The number of carbonyl (C=O) groups excluding carboxylic acids is 2. The van der Waals surface area contributed by atoms with Crippen molar-refractivity contribution in [1.82, 2.24) is 4.90 Å². The number of likely N-dealkylation sites (tertiary alicyclic amines) is 1. The molecule has 0 amide bonds. The number of hydrogen-bond donors (Lipinski definition) is 0. The van der Waals surface area contributed by atoms with E-state index in [2.05, 4.69) is 32.6 Å². The number of rotatable bonds is 36. The second-order valence-electron chi connectivity index (χ2n) is 15.9. The van der Waals surface area contributed by atoms with E-state index < -0.39 is 0 Å². The zero-order valence-corrected chi connectivity index (χ0v) is 34.3. The number of carbonyl (C=O) groups is 2. The molecule has 296 valence electrons. The summed E-state index contributed by atoms with van der Waals surface area (Å²) in [4.78, 5) is 27.9. The first-order valence-corrected chi connectivity index (χ1v) is 22.6. The second-order valence-corrected chi connectivity index (χ2v) is 15.9. The van der Waals surface area contributed by atoms with Crippen LogP contribution in [0.3, 0.4) is 0 Å². The van der Waals surface area contributed by atoms with Crippen LogP contribution in [0.5, 0.6) is 0 Å². The predicted molar refractivity (Wildman–Crippen MR) is 215 cm³/mol. The molecule has 1 aliphatic rings. The third-order valence-electron chi connectivity index (χ3n) is 11.3. The van der Waals surface area contributed by atoms with Crippen LogP contribution in [0.4, 0.5) is 0 Å². The van der Waals surface area contributed by atoms with E-state index in [0.29, 0.717) is 31.4 Å². The van der Waals surface area contributed by atoms with E-state index in [0.717, 1.165) is 51.6 Å². The first kappa shape index (κ1) is 46.9. The molecule has 1 heterocycles. The van der Waals surface area contributed by atoms with Crippen molar-refractivity contribution in [3.05, 3.63) is 0 Å². The Morgan fingerprint density at radius 1 is 0.560 bits per heavy atom. The zero-order chi connectivity index (χ0) is 36.3. The molecule has 0 N–H and O–H groups in total. The molecule has 0 aromatic carbocycles. The van der Waals surface area contributed by atoms with E-state index in [1.807, 2.05) is 0 Å². The summed E-state index contributed by atoms with van der Waals surface area (Å²) in [5.74, 6) is 0.679. The molecule has 0 aromatic rings. The highest BCUT2D eigenvalue weighted by molar-refractivity contribution is 5.69. The van der Waals surface area contributed by atoms with Crippen LogP contribution >= 0.6 is 0 Å². The number of nitrogens with zero attached hydrogens (tertiary/aromatic N) is 1. The van der Waals surface area contributed by atoms with Gasteiger partial charge in [0.15, 0.2) is 0 Å². The molecule has 1 fully saturated rings. The van der Waals surface area contributed by atoms with Crippen molar-refractivity contribution in [3.8, 4) is 0 Å². The van der Waals surface area contributed by atoms with Gasteiger partial charge in [0.2, 0.25) is 0 Å². The van der Waals surface area contributed by atoms with E-state index >= 15 is 0 Å². The van der Waals surface area contributed by atoms with Gasteiger partial charge in [-0.15, -0.1) is 0 Å².